The van der Waals surface area contributed by atoms with Gasteiger partial charge in [-0.2, -0.15) is 5.26 Å². The first-order valence-electron chi connectivity index (χ1n) is 5.38. The summed E-state index contributed by atoms with van der Waals surface area (Å²) in [5, 5.41) is 18.8. The van der Waals surface area contributed by atoms with Gasteiger partial charge in [-0.05, 0) is 24.3 Å². The van der Waals surface area contributed by atoms with E-state index in [-0.39, 0.29) is 21.0 Å². The molecule has 1 aromatic heterocycles. The first-order chi connectivity index (χ1) is 9.83. The van der Waals surface area contributed by atoms with Gasteiger partial charge in [-0.1, -0.05) is 0 Å². The molecule has 108 valence electrons. The van der Waals surface area contributed by atoms with Gasteiger partial charge in [0.05, 0.1) is 16.1 Å². The summed E-state index contributed by atoms with van der Waals surface area (Å²) in [6, 6.07) is 5.71. The van der Waals surface area contributed by atoms with Crippen molar-refractivity contribution >= 4 is 33.0 Å². The summed E-state index contributed by atoms with van der Waals surface area (Å²) in [6.45, 7) is 0. The quantitative estimate of drug-likeness (QED) is 0.896. The number of carboxylic acids is 1. The maximum absolute atomic E-state index is 13.0. The Morgan fingerprint density at radius 1 is 1.38 bits per heavy atom. The predicted octanol–water partition coefficient (Wildman–Crippen LogP) is 2.26. The number of sulfonamides is 1. The number of nitrogens with zero attached hydrogens (tertiary/aromatic N) is 1. The molecule has 0 fully saturated rings. The van der Waals surface area contributed by atoms with Crippen LogP contribution in [0.2, 0.25) is 0 Å². The summed E-state index contributed by atoms with van der Waals surface area (Å²) in [6.07, 6.45) is 0. The second-order valence-corrected chi connectivity index (χ2v) is 6.45. The molecular weight excluding hydrogens is 319 g/mol. The third-order valence-corrected chi connectivity index (χ3v) is 4.86. The Morgan fingerprint density at radius 2 is 2.10 bits per heavy atom. The van der Waals surface area contributed by atoms with Crippen LogP contribution >= 0.6 is 11.3 Å². The van der Waals surface area contributed by atoms with Crippen LogP contribution in [0.25, 0.3) is 0 Å². The van der Waals surface area contributed by atoms with Crippen molar-refractivity contribution in [3.05, 3.63) is 45.9 Å². The van der Waals surface area contributed by atoms with E-state index in [0.717, 1.165) is 35.6 Å². The lowest BCUT2D eigenvalue weighted by atomic mass is 10.2. The SMILES string of the molecule is N#Cc1cc(F)ccc1NS(=O)(=O)c1csc(C(=O)O)c1. The van der Waals surface area contributed by atoms with E-state index in [0.29, 0.717) is 0 Å². The molecule has 0 atom stereocenters. The smallest absolute Gasteiger partial charge is 0.345 e. The average Bonchev–Trinajstić information content (AvgIpc) is 2.91. The van der Waals surface area contributed by atoms with Crippen LogP contribution in [0.4, 0.5) is 10.1 Å². The second kappa shape index (κ2) is 5.51. The van der Waals surface area contributed by atoms with Crippen molar-refractivity contribution in [1.29, 1.82) is 5.26 Å². The van der Waals surface area contributed by atoms with Crippen molar-refractivity contribution in [1.82, 2.24) is 0 Å². The van der Waals surface area contributed by atoms with Crippen LogP contribution in [0.1, 0.15) is 15.2 Å². The zero-order valence-electron chi connectivity index (χ0n) is 10.2. The monoisotopic (exact) mass is 326 g/mol. The molecule has 0 aliphatic rings. The minimum Gasteiger partial charge on any atom is -0.477 e. The van der Waals surface area contributed by atoms with Gasteiger partial charge >= 0.3 is 5.97 Å². The van der Waals surface area contributed by atoms with Crippen molar-refractivity contribution in [3.8, 4) is 6.07 Å². The van der Waals surface area contributed by atoms with Crippen LogP contribution in [0, 0.1) is 17.1 Å². The maximum atomic E-state index is 13.0. The topological polar surface area (TPSA) is 107 Å². The number of benzene rings is 1. The molecule has 1 aromatic carbocycles. The summed E-state index contributed by atoms with van der Waals surface area (Å²) in [7, 11) is -4.05. The summed E-state index contributed by atoms with van der Waals surface area (Å²) in [4.78, 5) is 10.4. The highest BCUT2D eigenvalue weighted by atomic mass is 32.2. The molecule has 0 bridgehead atoms. The third kappa shape index (κ3) is 3.18. The number of hydrogen-bond acceptors (Lipinski definition) is 5. The van der Waals surface area contributed by atoms with Crippen LogP contribution in [0.3, 0.4) is 0 Å². The number of rotatable bonds is 4. The number of aromatic carboxylic acids is 1. The molecule has 0 aliphatic heterocycles. The molecular formula is C12H7FN2O4S2. The van der Waals surface area contributed by atoms with Crippen molar-refractivity contribution in [3.63, 3.8) is 0 Å². The van der Waals surface area contributed by atoms with Crippen molar-refractivity contribution in [2.45, 2.75) is 4.90 Å². The summed E-state index contributed by atoms with van der Waals surface area (Å²) in [5.41, 5.74) is -0.255. The zero-order chi connectivity index (χ0) is 15.6. The van der Waals surface area contributed by atoms with E-state index in [1.54, 1.807) is 6.07 Å². The molecule has 0 saturated heterocycles. The van der Waals surface area contributed by atoms with E-state index in [2.05, 4.69) is 4.72 Å². The molecule has 0 unspecified atom stereocenters. The molecule has 9 heteroatoms. The van der Waals surface area contributed by atoms with Gasteiger partial charge in [0.25, 0.3) is 10.0 Å². The Hall–Kier alpha value is -2.44. The third-order valence-electron chi connectivity index (χ3n) is 2.44. The minimum absolute atomic E-state index is 0.0815. The molecule has 0 aliphatic carbocycles. The van der Waals surface area contributed by atoms with Crippen LogP contribution in [0.15, 0.2) is 34.5 Å². The molecule has 0 amide bonds. The molecule has 2 aromatic rings. The lowest BCUT2D eigenvalue weighted by Crippen LogP contribution is -2.13. The van der Waals surface area contributed by atoms with Gasteiger partial charge in [-0.25, -0.2) is 17.6 Å². The first kappa shape index (κ1) is 15.0. The Kier molecular flexibility index (Phi) is 3.93. The fourth-order valence-electron chi connectivity index (χ4n) is 1.47. The highest BCUT2D eigenvalue weighted by molar-refractivity contribution is 7.92. The number of nitriles is 1. The normalized spacial score (nSPS) is 10.9. The molecule has 0 radical (unpaired) electrons. The summed E-state index contributed by atoms with van der Waals surface area (Å²) < 4.78 is 39.3. The van der Waals surface area contributed by atoms with E-state index in [1.165, 1.54) is 5.38 Å². The largest absolute Gasteiger partial charge is 0.477 e. The van der Waals surface area contributed by atoms with Gasteiger partial charge in [-0.3, -0.25) is 4.72 Å². The molecule has 0 saturated carbocycles. The van der Waals surface area contributed by atoms with Gasteiger partial charge in [0.1, 0.15) is 16.8 Å². The maximum Gasteiger partial charge on any atom is 0.345 e. The molecule has 0 spiro atoms. The van der Waals surface area contributed by atoms with E-state index in [9.17, 15) is 17.6 Å². The molecule has 2 N–H and O–H groups in total. The van der Waals surface area contributed by atoms with E-state index in [1.807, 2.05) is 0 Å². The Balaban J connectivity index is 2.37. The van der Waals surface area contributed by atoms with Crippen LogP contribution in [-0.2, 0) is 10.0 Å². The van der Waals surface area contributed by atoms with Crippen LogP contribution in [0.5, 0.6) is 0 Å². The van der Waals surface area contributed by atoms with Crippen LogP contribution < -0.4 is 4.72 Å². The van der Waals surface area contributed by atoms with Crippen molar-refractivity contribution in [2.24, 2.45) is 0 Å². The molecule has 6 nitrogen and oxygen atoms in total. The van der Waals surface area contributed by atoms with Crippen molar-refractivity contribution < 1.29 is 22.7 Å². The lowest BCUT2D eigenvalue weighted by molar-refractivity contribution is 0.0702. The van der Waals surface area contributed by atoms with E-state index >= 15 is 0 Å². The van der Waals surface area contributed by atoms with Gasteiger partial charge in [0.15, 0.2) is 0 Å². The first-order valence-corrected chi connectivity index (χ1v) is 7.74. The van der Waals surface area contributed by atoms with Crippen molar-refractivity contribution in [2.75, 3.05) is 4.72 Å². The number of nitrogens with one attached hydrogen (secondary N) is 1. The van der Waals surface area contributed by atoms with E-state index < -0.39 is 21.8 Å². The number of carbonyl (C=O) groups is 1. The second-order valence-electron chi connectivity index (χ2n) is 3.86. The number of anilines is 1. The van der Waals surface area contributed by atoms with Gasteiger partial charge in [-0.15, -0.1) is 11.3 Å². The molecule has 2 rings (SSSR count). The summed E-state index contributed by atoms with van der Waals surface area (Å²) in [5.74, 6) is -1.90. The zero-order valence-corrected chi connectivity index (χ0v) is 11.8. The Bertz CT molecular complexity index is 852. The van der Waals surface area contributed by atoms with Gasteiger partial charge in [0, 0.05) is 5.38 Å². The fourth-order valence-corrected chi connectivity index (χ4v) is 3.66. The number of carboxylic acid groups (broad SMARTS) is 1. The predicted molar refractivity (Wildman–Crippen MR) is 73.2 cm³/mol. The lowest BCUT2D eigenvalue weighted by Gasteiger charge is -2.08. The average molecular weight is 326 g/mol. The fraction of sp³-hybridized carbons (Fsp3) is 0. The molecule has 21 heavy (non-hydrogen) atoms. The standard InChI is InChI=1S/C12H7FN2O4S2/c13-8-1-2-10(7(3-8)5-14)15-21(18,19)9-4-11(12(16)17)20-6-9/h1-4,6,15H,(H,16,17). The van der Waals surface area contributed by atoms with E-state index in [4.69, 9.17) is 10.4 Å². The molecule has 1 heterocycles. The highest BCUT2D eigenvalue weighted by Gasteiger charge is 2.20. The number of hydrogen-bond donors (Lipinski definition) is 2. The van der Waals surface area contributed by atoms with Crippen LogP contribution in [-0.4, -0.2) is 19.5 Å². The van der Waals surface area contributed by atoms with Gasteiger partial charge in [0.2, 0.25) is 0 Å². The Labute approximate surface area is 123 Å². The number of thiophene rings is 1. The summed E-state index contributed by atoms with van der Waals surface area (Å²) >= 11 is 0.764. The van der Waals surface area contributed by atoms with Gasteiger partial charge < -0.3 is 5.11 Å². The number of halogens is 1. The minimum atomic E-state index is -4.05. The Morgan fingerprint density at radius 3 is 2.67 bits per heavy atom. The highest BCUT2D eigenvalue weighted by Crippen LogP contribution is 2.24.